The van der Waals surface area contributed by atoms with E-state index in [-0.39, 0.29) is 11.7 Å². The van der Waals surface area contributed by atoms with Gasteiger partial charge in [-0.3, -0.25) is 14.3 Å². The second-order valence-electron chi connectivity index (χ2n) is 6.30. The summed E-state index contributed by atoms with van der Waals surface area (Å²) in [6.45, 7) is 4.14. The lowest BCUT2D eigenvalue weighted by Crippen LogP contribution is -2.14. The van der Waals surface area contributed by atoms with Gasteiger partial charge in [0.05, 0.1) is 11.4 Å². The zero-order valence-electron chi connectivity index (χ0n) is 15.9. The van der Waals surface area contributed by atoms with Crippen LogP contribution in [0.15, 0.2) is 59.3 Å². The molecule has 146 valence electrons. The quantitative estimate of drug-likeness (QED) is 0.470. The molecule has 0 atom stereocenters. The van der Waals surface area contributed by atoms with Crippen LogP contribution in [0.25, 0.3) is 17.2 Å². The van der Waals surface area contributed by atoms with Crippen LogP contribution in [0, 0.1) is 13.8 Å². The number of benzene rings is 1. The number of carbonyl (C=O) groups excluding carboxylic acids is 1. The van der Waals surface area contributed by atoms with Gasteiger partial charge in [-0.25, -0.2) is 4.98 Å². The molecule has 0 aliphatic heterocycles. The lowest BCUT2D eigenvalue weighted by Gasteiger charge is -2.11. The van der Waals surface area contributed by atoms with Crippen molar-refractivity contribution in [1.29, 1.82) is 0 Å². The predicted molar refractivity (Wildman–Crippen MR) is 116 cm³/mol. The van der Waals surface area contributed by atoms with Gasteiger partial charge in [0.15, 0.2) is 16.1 Å². The van der Waals surface area contributed by atoms with Crippen LogP contribution < -0.4 is 5.32 Å². The molecule has 0 fully saturated rings. The van der Waals surface area contributed by atoms with E-state index >= 15 is 0 Å². The Labute approximate surface area is 176 Å². The maximum Gasteiger partial charge on any atom is 0.236 e. The van der Waals surface area contributed by atoms with Crippen molar-refractivity contribution in [3.63, 3.8) is 0 Å². The normalized spacial score (nSPS) is 10.8. The van der Waals surface area contributed by atoms with E-state index in [2.05, 4.69) is 51.5 Å². The largest absolute Gasteiger partial charge is 0.301 e. The molecule has 1 amide bonds. The number of anilines is 1. The van der Waals surface area contributed by atoms with Crippen molar-refractivity contribution in [3.05, 3.63) is 65.3 Å². The van der Waals surface area contributed by atoms with Gasteiger partial charge >= 0.3 is 0 Å². The SMILES string of the molecule is Cc1ccc(-n2c(SCC(=O)Nc3nccs3)nnc2-c2ccccn2)cc1C. The van der Waals surface area contributed by atoms with Gasteiger partial charge in [0, 0.05) is 17.8 Å². The minimum absolute atomic E-state index is 0.140. The number of rotatable bonds is 6. The van der Waals surface area contributed by atoms with Gasteiger partial charge in [-0.2, -0.15) is 0 Å². The van der Waals surface area contributed by atoms with Crippen molar-refractivity contribution in [2.45, 2.75) is 19.0 Å². The number of aryl methyl sites for hydroxylation is 2. The highest BCUT2D eigenvalue weighted by Crippen LogP contribution is 2.28. The third-order valence-corrected chi connectivity index (χ3v) is 5.90. The van der Waals surface area contributed by atoms with E-state index in [1.807, 2.05) is 34.2 Å². The van der Waals surface area contributed by atoms with E-state index in [0.29, 0.717) is 16.1 Å². The molecule has 29 heavy (non-hydrogen) atoms. The number of thiazole rings is 1. The summed E-state index contributed by atoms with van der Waals surface area (Å²) in [5, 5.41) is 14.5. The van der Waals surface area contributed by atoms with E-state index in [4.69, 9.17) is 0 Å². The Morgan fingerprint density at radius 2 is 2.00 bits per heavy atom. The summed E-state index contributed by atoms with van der Waals surface area (Å²) >= 11 is 2.71. The van der Waals surface area contributed by atoms with Crippen LogP contribution in [-0.2, 0) is 4.79 Å². The van der Waals surface area contributed by atoms with E-state index in [1.54, 1.807) is 12.4 Å². The Bertz CT molecular complexity index is 1130. The van der Waals surface area contributed by atoms with Crippen LogP contribution in [0.5, 0.6) is 0 Å². The lowest BCUT2D eigenvalue weighted by molar-refractivity contribution is -0.113. The van der Waals surface area contributed by atoms with Crippen molar-refractivity contribution in [2.75, 3.05) is 11.1 Å². The minimum Gasteiger partial charge on any atom is -0.301 e. The fourth-order valence-corrected chi connectivity index (χ4v) is 3.99. The topological polar surface area (TPSA) is 85.6 Å². The van der Waals surface area contributed by atoms with Gasteiger partial charge in [-0.15, -0.1) is 21.5 Å². The fraction of sp³-hybridized carbons (Fsp3) is 0.150. The number of nitrogens with one attached hydrogen (secondary N) is 1. The van der Waals surface area contributed by atoms with Gasteiger partial charge in [0.1, 0.15) is 5.69 Å². The zero-order chi connectivity index (χ0) is 20.2. The maximum atomic E-state index is 12.3. The molecule has 3 heterocycles. The summed E-state index contributed by atoms with van der Waals surface area (Å²) in [6.07, 6.45) is 3.38. The van der Waals surface area contributed by atoms with E-state index in [9.17, 15) is 4.79 Å². The van der Waals surface area contributed by atoms with E-state index in [1.165, 1.54) is 34.2 Å². The number of hydrogen-bond acceptors (Lipinski definition) is 7. The molecule has 9 heteroatoms. The van der Waals surface area contributed by atoms with Gasteiger partial charge in [-0.1, -0.05) is 23.9 Å². The molecule has 1 aromatic carbocycles. The lowest BCUT2D eigenvalue weighted by atomic mass is 10.1. The average molecular weight is 423 g/mol. The molecule has 0 spiro atoms. The Kier molecular flexibility index (Phi) is 5.68. The Morgan fingerprint density at radius 3 is 2.72 bits per heavy atom. The molecular weight excluding hydrogens is 404 g/mol. The molecule has 4 rings (SSSR count). The predicted octanol–water partition coefficient (Wildman–Crippen LogP) is 4.13. The summed E-state index contributed by atoms with van der Waals surface area (Å²) in [6, 6.07) is 11.8. The Hall–Kier alpha value is -3.04. The van der Waals surface area contributed by atoms with Crippen LogP contribution in [0.3, 0.4) is 0 Å². The third kappa shape index (κ3) is 4.36. The standard InChI is InChI=1S/C20H18N6OS2/c1-13-6-7-15(11-14(13)2)26-18(16-5-3-4-8-21-16)24-25-20(26)29-12-17(27)23-19-22-9-10-28-19/h3-11H,12H2,1-2H3,(H,22,23,27). The van der Waals surface area contributed by atoms with Crippen molar-refractivity contribution in [2.24, 2.45) is 0 Å². The molecule has 0 unspecified atom stereocenters. The number of aromatic nitrogens is 5. The summed E-state index contributed by atoms with van der Waals surface area (Å²) in [4.78, 5) is 20.8. The van der Waals surface area contributed by atoms with Crippen molar-refractivity contribution in [3.8, 4) is 17.2 Å². The molecule has 1 N–H and O–H groups in total. The molecule has 0 aliphatic rings. The number of pyridine rings is 1. The number of thioether (sulfide) groups is 1. The molecular formula is C20H18N6OS2. The average Bonchev–Trinajstić information content (AvgIpc) is 3.39. The van der Waals surface area contributed by atoms with Gasteiger partial charge < -0.3 is 5.32 Å². The first kappa shape index (κ1) is 19.3. The molecule has 0 aliphatic carbocycles. The molecule has 0 bridgehead atoms. The summed E-state index contributed by atoms with van der Waals surface area (Å²) in [5.74, 6) is 0.695. The van der Waals surface area contributed by atoms with Gasteiger partial charge in [0.2, 0.25) is 5.91 Å². The molecule has 3 aromatic heterocycles. The Balaban J connectivity index is 1.65. The number of amides is 1. The monoisotopic (exact) mass is 422 g/mol. The van der Waals surface area contributed by atoms with Gasteiger partial charge in [-0.05, 0) is 49.2 Å². The van der Waals surface area contributed by atoms with E-state index in [0.717, 1.165) is 11.4 Å². The van der Waals surface area contributed by atoms with Crippen LogP contribution in [0.4, 0.5) is 5.13 Å². The summed E-state index contributed by atoms with van der Waals surface area (Å²) in [5.41, 5.74) is 4.03. The van der Waals surface area contributed by atoms with Crippen LogP contribution in [0.2, 0.25) is 0 Å². The Morgan fingerprint density at radius 1 is 1.10 bits per heavy atom. The first-order valence-electron chi connectivity index (χ1n) is 8.88. The highest BCUT2D eigenvalue weighted by molar-refractivity contribution is 7.99. The first-order chi connectivity index (χ1) is 14.1. The van der Waals surface area contributed by atoms with Crippen molar-refractivity contribution in [1.82, 2.24) is 24.7 Å². The van der Waals surface area contributed by atoms with Crippen molar-refractivity contribution >= 4 is 34.1 Å². The molecule has 0 radical (unpaired) electrons. The molecule has 4 aromatic rings. The van der Waals surface area contributed by atoms with Crippen molar-refractivity contribution < 1.29 is 4.79 Å². The molecule has 0 saturated heterocycles. The van der Waals surface area contributed by atoms with Crippen LogP contribution >= 0.6 is 23.1 Å². The second-order valence-corrected chi connectivity index (χ2v) is 8.14. The molecule has 7 nitrogen and oxygen atoms in total. The number of carbonyl (C=O) groups is 1. The zero-order valence-corrected chi connectivity index (χ0v) is 17.5. The van der Waals surface area contributed by atoms with E-state index < -0.39 is 0 Å². The highest BCUT2D eigenvalue weighted by atomic mass is 32.2. The smallest absolute Gasteiger partial charge is 0.236 e. The maximum absolute atomic E-state index is 12.3. The number of hydrogen-bond donors (Lipinski definition) is 1. The highest BCUT2D eigenvalue weighted by Gasteiger charge is 2.18. The number of nitrogens with zero attached hydrogens (tertiary/aromatic N) is 5. The van der Waals surface area contributed by atoms with Crippen LogP contribution in [-0.4, -0.2) is 36.4 Å². The second kappa shape index (κ2) is 8.54. The summed E-state index contributed by atoms with van der Waals surface area (Å²) in [7, 11) is 0. The first-order valence-corrected chi connectivity index (χ1v) is 10.7. The van der Waals surface area contributed by atoms with Crippen LogP contribution in [0.1, 0.15) is 11.1 Å². The third-order valence-electron chi connectivity index (χ3n) is 4.29. The fourth-order valence-electron chi connectivity index (χ4n) is 2.69. The molecule has 0 saturated carbocycles. The summed E-state index contributed by atoms with van der Waals surface area (Å²) < 4.78 is 1.94. The van der Waals surface area contributed by atoms with Gasteiger partial charge in [0.25, 0.3) is 0 Å². The minimum atomic E-state index is -0.140.